The van der Waals surface area contributed by atoms with Crippen LogP contribution in [0.4, 0.5) is 5.69 Å². The molecule has 0 spiro atoms. The number of nitrogens with one attached hydrogen (secondary N) is 2. The summed E-state index contributed by atoms with van der Waals surface area (Å²) in [7, 11) is 1.64. The Balaban J connectivity index is 1.30. The van der Waals surface area contributed by atoms with Crippen LogP contribution >= 0.6 is 0 Å². The van der Waals surface area contributed by atoms with Crippen molar-refractivity contribution in [3.63, 3.8) is 0 Å². The van der Waals surface area contributed by atoms with Crippen molar-refractivity contribution in [3.8, 4) is 11.5 Å². The van der Waals surface area contributed by atoms with Gasteiger partial charge in [0.05, 0.1) is 25.3 Å². The number of methoxy groups -OCH3 is 1. The third-order valence-electron chi connectivity index (χ3n) is 6.47. The number of ether oxygens (including phenoxy) is 2. The molecule has 3 aromatic rings. The van der Waals surface area contributed by atoms with E-state index in [0.29, 0.717) is 29.2 Å². The normalized spacial score (nSPS) is 15.9. The molecule has 2 N–H and O–H groups in total. The summed E-state index contributed by atoms with van der Waals surface area (Å²) >= 11 is 0. The molecule has 0 saturated heterocycles. The lowest BCUT2D eigenvalue weighted by molar-refractivity contribution is 0.0751. The van der Waals surface area contributed by atoms with Crippen LogP contribution in [0.1, 0.15) is 64.9 Å². The Bertz CT molecular complexity index is 1250. The predicted molar refractivity (Wildman–Crippen MR) is 136 cm³/mol. The van der Waals surface area contributed by atoms with Gasteiger partial charge in [-0.2, -0.15) is 5.10 Å². The van der Waals surface area contributed by atoms with E-state index >= 15 is 0 Å². The van der Waals surface area contributed by atoms with E-state index < -0.39 is 0 Å². The highest BCUT2D eigenvalue weighted by molar-refractivity contribution is 6.04. The van der Waals surface area contributed by atoms with Gasteiger partial charge in [-0.25, -0.2) is 9.99 Å². The molecule has 5 rings (SSSR count). The van der Waals surface area contributed by atoms with E-state index in [1.54, 1.807) is 31.4 Å². The number of anilines is 1. The van der Waals surface area contributed by atoms with Crippen molar-refractivity contribution >= 4 is 23.2 Å². The van der Waals surface area contributed by atoms with Gasteiger partial charge in [0.15, 0.2) is 11.5 Å². The van der Waals surface area contributed by atoms with Gasteiger partial charge in [-0.3, -0.25) is 9.59 Å². The summed E-state index contributed by atoms with van der Waals surface area (Å²) in [5, 5.41) is 8.96. The monoisotopic (exact) mass is 487 g/mol. The minimum Gasteiger partial charge on any atom is -0.493 e. The fraction of sp³-hybridized carbons (Fsp3) is 0.333. The first kappa shape index (κ1) is 23.6. The van der Waals surface area contributed by atoms with Crippen LogP contribution in [0.2, 0.25) is 0 Å². The van der Waals surface area contributed by atoms with Gasteiger partial charge in [-0.1, -0.05) is 0 Å². The van der Waals surface area contributed by atoms with Crippen LogP contribution in [0, 0.1) is 0 Å². The number of benzene rings is 2. The molecule has 2 aliphatic rings. The third kappa shape index (κ3) is 5.25. The SMILES string of the molecule is COc1ccc(C2=NN(C(=O)c3ccc(NC(=O)c4c[nH]cn4)cc3)CCC2)cc1OC1CCCC1. The molecule has 1 aliphatic carbocycles. The number of carbonyl (C=O) groups excluding carboxylic acids is 2. The number of hydrogen-bond acceptors (Lipinski definition) is 6. The second-order valence-corrected chi connectivity index (χ2v) is 8.95. The number of rotatable bonds is 7. The van der Waals surface area contributed by atoms with Crippen LogP contribution in [0.5, 0.6) is 11.5 Å². The highest BCUT2D eigenvalue weighted by atomic mass is 16.5. The number of H-pyrrole nitrogens is 1. The van der Waals surface area contributed by atoms with Crippen molar-refractivity contribution in [3.05, 3.63) is 71.8 Å². The number of aromatic nitrogens is 2. The first-order valence-corrected chi connectivity index (χ1v) is 12.3. The molecule has 0 atom stereocenters. The number of amides is 2. The van der Waals surface area contributed by atoms with Crippen molar-refractivity contribution in [2.75, 3.05) is 19.0 Å². The number of hydrogen-bond donors (Lipinski definition) is 2. The fourth-order valence-corrected chi connectivity index (χ4v) is 4.55. The summed E-state index contributed by atoms with van der Waals surface area (Å²) in [5.74, 6) is 0.916. The van der Waals surface area contributed by atoms with E-state index in [9.17, 15) is 9.59 Å². The topological polar surface area (TPSA) is 109 Å². The molecule has 1 aliphatic heterocycles. The summed E-state index contributed by atoms with van der Waals surface area (Å²) in [6.45, 7) is 0.543. The minimum atomic E-state index is -0.323. The van der Waals surface area contributed by atoms with Crippen LogP contribution in [0.25, 0.3) is 0 Å². The zero-order valence-electron chi connectivity index (χ0n) is 20.2. The number of imidazole rings is 1. The van der Waals surface area contributed by atoms with Crippen LogP contribution in [0.15, 0.2) is 60.1 Å². The largest absolute Gasteiger partial charge is 0.493 e. The van der Waals surface area contributed by atoms with Crippen molar-refractivity contribution in [2.24, 2.45) is 5.10 Å². The molecule has 2 heterocycles. The molecule has 0 unspecified atom stereocenters. The summed E-state index contributed by atoms with van der Waals surface area (Å²) in [5.41, 5.74) is 3.14. The number of hydrazone groups is 1. The summed E-state index contributed by atoms with van der Waals surface area (Å²) in [4.78, 5) is 32.0. The zero-order chi connectivity index (χ0) is 24.9. The number of aromatic amines is 1. The van der Waals surface area contributed by atoms with Crippen LogP contribution in [0.3, 0.4) is 0 Å². The third-order valence-corrected chi connectivity index (χ3v) is 6.47. The Morgan fingerprint density at radius 3 is 2.58 bits per heavy atom. The second-order valence-electron chi connectivity index (χ2n) is 8.95. The first-order chi connectivity index (χ1) is 17.6. The lowest BCUT2D eigenvalue weighted by Crippen LogP contribution is -2.32. The van der Waals surface area contributed by atoms with Crippen molar-refractivity contribution < 1.29 is 19.1 Å². The van der Waals surface area contributed by atoms with Gasteiger partial charge < -0.3 is 19.8 Å². The Hall–Kier alpha value is -4.14. The maximum Gasteiger partial charge on any atom is 0.275 e. The first-order valence-electron chi connectivity index (χ1n) is 12.3. The maximum absolute atomic E-state index is 13.2. The molecule has 2 aromatic carbocycles. The number of carbonyl (C=O) groups is 2. The average molecular weight is 488 g/mol. The van der Waals surface area contributed by atoms with Crippen LogP contribution < -0.4 is 14.8 Å². The lowest BCUT2D eigenvalue weighted by atomic mass is 10.0. The highest BCUT2D eigenvalue weighted by Gasteiger charge is 2.23. The van der Waals surface area contributed by atoms with Crippen molar-refractivity contribution in [2.45, 2.75) is 44.6 Å². The Morgan fingerprint density at radius 1 is 1.06 bits per heavy atom. The molecule has 186 valence electrons. The summed E-state index contributed by atoms with van der Waals surface area (Å²) in [6, 6.07) is 12.6. The lowest BCUT2D eigenvalue weighted by Gasteiger charge is -2.24. The average Bonchev–Trinajstić information content (AvgIpc) is 3.64. The molecular formula is C27H29N5O4. The summed E-state index contributed by atoms with van der Waals surface area (Å²) in [6.07, 6.45) is 9.26. The van der Waals surface area contributed by atoms with E-state index in [1.165, 1.54) is 30.4 Å². The van der Waals surface area contributed by atoms with E-state index in [1.807, 2.05) is 18.2 Å². The minimum absolute atomic E-state index is 0.187. The summed E-state index contributed by atoms with van der Waals surface area (Å²) < 4.78 is 11.7. The van der Waals surface area contributed by atoms with Gasteiger partial charge in [0.25, 0.3) is 11.8 Å². The molecule has 0 bridgehead atoms. The van der Waals surface area contributed by atoms with Crippen LogP contribution in [-0.2, 0) is 0 Å². The maximum atomic E-state index is 13.2. The van der Waals surface area contributed by atoms with E-state index in [0.717, 1.165) is 42.7 Å². The quantitative estimate of drug-likeness (QED) is 0.505. The molecule has 36 heavy (non-hydrogen) atoms. The van der Waals surface area contributed by atoms with Crippen LogP contribution in [-0.4, -0.2) is 52.3 Å². The van der Waals surface area contributed by atoms with E-state index in [-0.39, 0.29) is 17.9 Å². The van der Waals surface area contributed by atoms with E-state index in [2.05, 4.69) is 20.4 Å². The van der Waals surface area contributed by atoms with Gasteiger partial charge in [-0.05, 0) is 81.0 Å². The molecule has 1 fully saturated rings. The van der Waals surface area contributed by atoms with Gasteiger partial charge in [-0.15, -0.1) is 0 Å². The molecule has 0 radical (unpaired) electrons. The smallest absolute Gasteiger partial charge is 0.275 e. The van der Waals surface area contributed by atoms with Gasteiger partial charge >= 0.3 is 0 Å². The molecule has 9 heteroatoms. The highest BCUT2D eigenvalue weighted by Crippen LogP contribution is 2.33. The standard InChI is InChI=1S/C27H29N5O4/c1-35-24-13-10-19(15-25(24)36-21-5-2-3-6-21)22-7-4-14-32(31-22)27(34)18-8-11-20(12-9-18)30-26(33)23-16-28-17-29-23/h8-13,15-17,21H,2-7,14H2,1H3,(H,28,29)(H,30,33). The second kappa shape index (κ2) is 10.6. The van der Waals surface area contributed by atoms with E-state index in [4.69, 9.17) is 9.47 Å². The van der Waals surface area contributed by atoms with Gasteiger partial charge in [0.1, 0.15) is 5.69 Å². The number of nitrogens with zero attached hydrogens (tertiary/aromatic N) is 3. The predicted octanol–water partition coefficient (Wildman–Crippen LogP) is 4.63. The van der Waals surface area contributed by atoms with Gasteiger partial charge in [0, 0.05) is 29.6 Å². The fourth-order valence-electron chi connectivity index (χ4n) is 4.55. The molecule has 1 saturated carbocycles. The molecule has 1 aromatic heterocycles. The zero-order valence-corrected chi connectivity index (χ0v) is 20.2. The molecule has 9 nitrogen and oxygen atoms in total. The van der Waals surface area contributed by atoms with Crippen molar-refractivity contribution in [1.82, 2.24) is 15.0 Å². The van der Waals surface area contributed by atoms with Crippen molar-refractivity contribution in [1.29, 1.82) is 0 Å². The molecular weight excluding hydrogens is 458 g/mol. The Kier molecular flexibility index (Phi) is 6.97. The van der Waals surface area contributed by atoms with Gasteiger partial charge in [0.2, 0.25) is 0 Å². The Morgan fingerprint density at radius 2 is 1.86 bits per heavy atom. The molecule has 2 amide bonds. The Labute approximate surface area is 209 Å².